The average molecular weight is 457 g/mol. The lowest BCUT2D eigenvalue weighted by Gasteiger charge is -2.56. The molecule has 3 aromatic rings. The zero-order valence-electron chi connectivity index (χ0n) is 17.6. The number of carboxylic acid groups (broad SMARTS) is 1. The lowest BCUT2D eigenvalue weighted by Crippen LogP contribution is -2.57. The Morgan fingerprint density at radius 1 is 1.09 bits per heavy atom. The first kappa shape index (κ1) is 21.5. The summed E-state index contributed by atoms with van der Waals surface area (Å²) in [6.45, 7) is 0.302. The second-order valence-electron chi connectivity index (χ2n) is 9.25. The summed E-state index contributed by atoms with van der Waals surface area (Å²) in [5.74, 6) is -1.25. The second kappa shape index (κ2) is 7.60. The summed E-state index contributed by atoms with van der Waals surface area (Å²) in [5.41, 5.74) is 1.73. The summed E-state index contributed by atoms with van der Waals surface area (Å²) in [6.07, 6.45) is 1.85. The third-order valence-electron chi connectivity index (χ3n) is 6.93. The van der Waals surface area contributed by atoms with E-state index >= 15 is 0 Å². The van der Waals surface area contributed by atoms with Gasteiger partial charge in [-0.25, -0.2) is 0 Å². The lowest BCUT2D eigenvalue weighted by atomic mass is 9.50. The summed E-state index contributed by atoms with van der Waals surface area (Å²) in [5, 5.41) is 12.1. The number of aliphatic carboxylic acids is 1. The molecule has 2 N–H and O–H groups in total. The van der Waals surface area contributed by atoms with Gasteiger partial charge in [0.05, 0.1) is 28.1 Å². The van der Waals surface area contributed by atoms with E-state index in [2.05, 4.69) is 10.3 Å². The molecule has 2 fully saturated rings. The largest absolute Gasteiger partial charge is 0.481 e. The quantitative estimate of drug-likeness (QED) is 0.592. The molecule has 2 aromatic heterocycles. The Bertz CT molecular complexity index is 1220. The van der Waals surface area contributed by atoms with Crippen molar-refractivity contribution in [3.8, 4) is 0 Å². The van der Waals surface area contributed by atoms with Crippen molar-refractivity contribution in [1.29, 1.82) is 0 Å². The van der Waals surface area contributed by atoms with Gasteiger partial charge >= 0.3 is 12.1 Å². The summed E-state index contributed by atoms with van der Waals surface area (Å²) >= 11 is 0. The third kappa shape index (κ3) is 3.96. The standard InChI is InChI=1S/C24H22F3N3O3/c25-24(26,27)16-3-1-14(2-4-16)13-30-8-6-19-20(30)18(5-7-28-19)21(31)29-17-11-23(12-17)9-15(10-23)22(32)33/h1-8,15,17H,9-13H2,(H,29,31)(H,32,33). The molecule has 0 saturated heterocycles. The fourth-order valence-electron chi connectivity index (χ4n) is 5.28. The zero-order valence-corrected chi connectivity index (χ0v) is 17.6. The molecule has 2 saturated carbocycles. The Morgan fingerprint density at radius 3 is 2.42 bits per heavy atom. The van der Waals surface area contributed by atoms with Crippen LogP contribution in [0.4, 0.5) is 13.2 Å². The van der Waals surface area contributed by atoms with Crippen molar-refractivity contribution >= 4 is 22.9 Å². The molecule has 33 heavy (non-hydrogen) atoms. The molecule has 172 valence electrons. The molecular formula is C24H22F3N3O3. The van der Waals surface area contributed by atoms with Crippen molar-refractivity contribution in [2.24, 2.45) is 11.3 Å². The molecule has 0 radical (unpaired) electrons. The number of fused-ring (bicyclic) bond motifs is 1. The van der Waals surface area contributed by atoms with Gasteiger partial charge in [-0.15, -0.1) is 0 Å². The molecule has 2 aliphatic rings. The number of alkyl halides is 3. The maximum absolute atomic E-state index is 13.0. The average Bonchev–Trinajstić information content (AvgIpc) is 3.11. The predicted octanol–water partition coefficient (Wildman–Crippen LogP) is 4.48. The molecule has 0 atom stereocenters. The van der Waals surface area contributed by atoms with Crippen LogP contribution in [-0.2, 0) is 17.5 Å². The SMILES string of the molecule is O=C(NC1CC2(C1)CC(C(=O)O)C2)c1ccnc2ccn(Cc3ccc(C(F)(F)F)cc3)c12. The van der Waals surface area contributed by atoms with Gasteiger partial charge in [0.1, 0.15) is 0 Å². The van der Waals surface area contributed by atoms with Crippen molar-refractivity contribution < 1.29 is 27.9 Å². The van der Waals surface area contributed by atoms with Crippen molar-refractivity contribution in [2.45, 2.75) is 44.4 Å². The molecule has 0 unspecified atom stereocenters. The highest BCUT2D eigenvalue weighted by Gasteiger charge is 2.55. The fraction of sp³-hybridized carbons (Fsp3) is 0.375. The van der Waals surface area contributed by atoms with E-state index in [0.717, 1.165) is 25.0 Å². The van der Waals surface area contributed by atoms with Gasteiger partial charge in [0.2, 0.25) is 0 Å². The van der Waals surface area contributed by atoms with E-state index in [1.54, 1.807) is 24.5 Å². The molecule has 1 amide bonds. The van der Waals surface area contributed by atoms with Crippen LogP contribution in [0.1, 0.15) is 47.2 Å². The highest BCUT2D eigenvalue weighted by Crippen LogP contribution is 2.58. The molecule has 1 aromatic carbocycles. The normalized spacial score (nSPS) is 24.3. The summed E-state index contributed by atoms with van der Waals surface area (Å²) in [6, 6.07) is 8.38. The fourth-order valence-corrected chi connectivity index (χ4v) is 5.28. The number of carbonyl (C=O) groups is 2. The number of carbonyl (C=O) groups excluding carboxylic acids is 1. The minimum atomic E-state index is -4.39. The van der Waals surface area contributed by atoms with Gasteiger partial charge < -0.3 is 15.0 Å². The van der Waals surface area contributed by atoms with Crippen LogP contribution in [0.15, 0.2) is 48.8 Å². The molecule has 2 heterocycles. The first-order chi connectivity index (χ1) is 15.6. The van der Waals surface area contributed by atoms with Crippen molar-refractivity contribution in [3.05, 3.63) is 65.5 Å². The Morgan fingerprint density at radius 2 is 1.79 bits per heavy atom. The summed E-state index contributed by atoms with van der Waals surface area (Å²) in [7, 11) is 0. The molecule has 9 heteroatoms. The number of benzene rings is 1. The molecule has 1 spiro atoms. The molecule has 6 nitrogen and oxygen atoms in total. The van der Waals surface area contributed by atoms with Crippen LogP contribution in [0.3, 0.4) is 0 Å². The summed E-state index contributed by atoms with van der Waals surface area (Å²) < 4.78 is 40.3. The topological polar surface area (TPSA) is 84.2 Å². The van der Waals surface area contributed by atoms with Gasteiger partial charge in [-0.2, -0.15) is 13.2 Å². The Hall–Kier alpha value is -3.36. The number of pyridine rings is 1. The van der Waals surface area contributed by atoms with E-state index in [4.69, 9.17) is 5.11 Å². The second-order valence-corrected chi connectivity index (χ2v) is 9.25. The van der Waals surface area contributed by atoms with Crippen LogP contribution in [-0.4, -0.2) is 32.6 Å². The zero-order chi connectivity index (χ0) is 23.4. The number of halogens is 3. The molecular weight excluding hydrogens is 435 g/mol. The Balaban J connectivity index is 1.30. The van der Waals surface area contributed by atoms with Gasteiger partial charge in [-0.05, 0) is 60.9 Å². The molecule has 2 aliphatic carbocycles. The van der Waals surface area contributed by atoms with Gasteiger partial charge in [-0.1, -0.05) is 12.1 Å². The van der Waals surface area contributed by atoms with Crippen LogP contribution >= 0.6 is 0 Å². The molecule has 5 rings (SSSR count). The maximum atomic E-state index is 13.0. The van der Waals surface area contributed by atoms with E-state index in [1.807, 2.05) is 4.57 Å². The van der Waals surface area contributed by atoms with Crippen molar-refractivity contribution in [1.82, 2.24) is 14.9 Å². The van der Waals surface area contributed by atoms with E-state index in [-0.39, 0.29) is 23.3 Å². The Kier molecular flexibility index (Phi) is 4.95. The number of amides is 1. The van der Waals surface area contributed by atoms with Gasteiger partial charge in [0.15, 0.2) is 0 Å². The van der Waals surface area contributed by atoms with Gasteiger partial charge in [0, 0.05) is 25.0 Å². The molecule has 0 bridgehead atoms. The number of nitrogens with zero attached hydrogens (tertiary/aromatic N) is 2. The van der Waals surface area contributed by atoms with Crippen LogP contribution in [0, 0.1) is 11.3 Å². The smallest absolute Gasteiger partial charge is 0.416 e. The van der Waals surface area contributed by atoms with E-state index in [0.29, 0.717) is 41.5 Å². The van der Waals surface area contributed by atoms with Crippen LogP contribution in [0.25, 0.3) is 11.0 Å². The lowest BCUT2D eigenvalue weighted by molar-refractivity contribution is -0.155. The summed E-state index contributed by atoms with van der Waals surface area (Å²) in [4.78, 5) is 28.4. The van der Waals surface area contributed by atoms with Gasteiger partial charge in [-0.3, -0.25) is 14.6 Å². The van der Waals surface area contributed by atoms with E-state index in [9.17, 15) is 22.8 Å². The monoisotopic (exact) mass is 457 g/mol. The van der Waals surface area contributed by atoms with Crippen LogP contribution < -0.4 is 5.32 Å². The highest BCUT2D eigenvalue weighted by atomic mass is 19.4. The number of hydrogen-bond acceptors (Lipinski definition) is 3. The first-order valence-corrected chi connectivity index (χ1v) is 10.8. The number of carboxylic acids is 1. The third-order valence-corrected chi connectivity index (χ3v) is 6.93. The van der Waals surface area contributed by atoms with Crippen LogP contribution in [0.5, 0.6) is 0 Å². The first-order valence-electron chi connectivity index (χ1n) is 10.8. The maximum Gasteiger partial charge on any atom is 0.416 e. The highest BCUT2D eigenvalue weighted by molar-refractivity contribution is 6.05. The van der Waals surface area contributed by atoms with E-state index in [1.165, 1.54) is 12.1 Å². The number of aromatic nitrogens is 2. The minimum absolute atomic E-state index is 0.00813. The number of hydrogen-bond donors (Lipinski definition) is 2. The van der Waals surface area contributed by atoms with Crippen LogP contribution in [0.2, 0.25) is 0 Å². The van der Waals surface area contributed by atoms with Gasteiger partial charge in [0.25, 0.3) is 5.91 Å². The Labute approximate surface area is 187 Å². The predicted molar refractivity (Wildman–Crippen MR) is 114 cm³/mol. The molecule has 0 aliphatic heterocycles. The van der Waals surface area contributed by atoms with Crippen molar-refractivity contribution in [3.63, 3.8) is 0 Å². The number of nitrogens with one attached hydrogen (secondary N) is 1. The number of rotatable bonds is 5. The van der Waals surface area contributed by atoms with Crippen molar-refractivity contribution in [2.75, 3.05) is 0 Å². The minimum Gasteiger partial charge on any atom is -0.481 e. The van der Waals surface area contributed by atoms with E-state index < -0.39 is 17.7 Å².